The van der Waals surface area contributed by atoms with Crippen LogP contribution in [0.15, 0.2) is 18.2 Å². The van der Waals surface area contributed by atoms with Gasteiger partial charge in [-0.3, -0.25) is 9.59 Å². The van der Waals surface area contributed by atoms with Gasteiger partial charge in [-0.15, -0.1) is 0 Å². The lowest BCUT2D eigenvalue weighted by atomic mass is 10.0. The van der Waals surface area contributed by atoms with Crippen molar-refractivity contribution in [1.29, 1.82) is 5.26 Å². The summed E-state index contributed by atoms with van der Waals surface area (Å²) in [6.07, 6.45) is 1.75. The maximum atomic E-state index is 12.8. The van der Waals surface area contributed by atoms with Crippen LogP contribution in [0.5, 0.6) is 0 Å². The van der Waals surface area contributed by atoms with Gasteiger partial charge in [-0.25, -0.2) is 0 Å². The van der Waals surface area contributed by atoms with Crippen LogP contribution in [0.25, 0.3) is 11.6 Å². The Labute approximate surface area is 176 Å². The Morgan fingerprint density at radius 3 is 2.67 bits per heavy atom. The summed E-state index contributed by atoms with van der Waals surface area (Å²) in [4.78, 5) is 30.7. The number of H-pyrrole nitrogens is 1. The molecular weight excluding hydrogens is 378 g/mol. The number of aromatic amines is 1. The predicted molar refractivity (Wildman–Crippen MR) is 118 cm³/mol. The molecule has 7 nitrogen and oxygen atoms in total. The number of hydrogen-bond donors (Lipinski definition) is 3. The molecule has 3 rings (SSSR count). The molecule has 0 saturated heterocycles. The normalized spacial score (nSPS) is 14.0. The van der Waals surface area contributed by atoms with E-state index >= 15 is 0 Å². The highest BCUT2D eigenvalue weighted by Crippen LogP contribution is 2.34. The third-order valence-corrected chi connectivity index (χ3v) is 5.53. The number of hydrogen-bond acceptors (Lipinski definition) is 4. The monoisotopic (exact) mass is 405 g/mol. The minimum absolute atomic E-state index is 0.124. The number of nitrogens with zero attached hydrogens (tertiary/aromatic N) is 2. The maximum Gasteiger partial charge on any atom is 0.256 e. The van der Waals surface area contributed by atoms with Gasteiger partial charge in [-0.1, -0.05) is 13.8 Å². The van der Waals surface area contributed by atoms with Crippen LogP contribution in [0.1, 0.15) is 52.3 Å². The standard InChI is InChI=1S/C23H27N5O2/c1-5-28(6-2)10-9-25-23(30)21-14(3)20(26-15(21)4)12-18-17-11-16(13-24)7-8-19(17)27-22(18)29/h7-8,11-12,26H,5-6,9-10H2,1-4H3,(H,25,30)(H,27,29)/b18-12-. The minimum Gasteiger partial charge on any atom is -0.358 e. The third kappa shape index (κ3) is 4.14. The van der Waals surface area contributed by atoms with E-state index in [1.807, 2.05) is 13.8 Å². The first-order valence-corrected chi connectivity index (χ1v) is 10.2. The first-order valence-electron chi connectivity index (χ1n) is 10.2. The molecule has 0 saturated carbocycles. The van der Waals surface area contributed by atoms with Gasteiger partial charge >= 0.3 is 0 Å². The van der Waals surface area contributed by atoms with E-state index in [1.54, 1.807) is 24.3 Å². The van der Waals surface area contributed by atoms with Gasteiger partial charge in [0.1, 0.15) is 0 Å². The van der Waals surface area contributed by atoms with Crippen LogP contribution >= 0.6 is 0 Å². The number of carbonyl (C=O) groups is 2. The molecule has 30 heavy (non-hydrogen) atoms. The molecule has 7 heteroatoms. The molecule has 1 aliphatic rings. The fourth-order valence-electron chi connectivity index (χ4n) is 3.76. The zero-order valence-electron chi connectivity index (χ0n) is 17.8. The summed E-state index contributed by atoms with van der Waals surface area (Å²) in [5, 5.41) is 15.0. The Kier molecular flexibility index (Phi) is 6.38. The molecule has 0 aliphatic carbocycles. The van der Waals surface area contributed by atoms with Crippen LogP contribution in [0.4, 0.5) is 5.69 Å². The summed E-state index contributed by atoms with van der Waals surface area (Å²) in [5.41, 5.74) is 5.19. The minimum atomic E-state index is -0.225. The molecule has 3 N–H and O–H groups in total. The van der Waals surface area contributed by atoms with E-state index in [2.05, 4.69) is 40.4 Å². The second-order valence-corrected chi connectivity index (χ2v) is 7.33. The number of likely N-dealkylation sites (N-methyl/N-ethyl adjacent to an activating group) is 1. The topological polar surface area (TPSA) is 101 Å². The molecular formula is C23H27N5O2. The van der Waals surface area contributed by atoms with Gasteiger partial charge in [0.05, 0.1) is 22.8 Å². The van der Waals surface area contributed by atoms with Crippen LogP contribution in [-0.2, 0) is 4.79 Å². The van der Waals surface area contributed by atoms with E-state index in [0.29, 0.717) is 40.2 Å². The first-order chi connectivity index (χ1) is 14.4. The molecule has 0 unspecified atom stereocenters. The highest BCUT2D eigenvalue weighted by molar-refractivity contribution is 6.35. The largest absolute Gasteiger partial charge is 0.358 e. The molecule has 0 radical (unpaired) electrons. The van der Waals surface area contributed by atoms with Gasteiger partial charge < -0.3 is 20.5 Å². The number of nitriles is 1. The molecule has 0 fully saturated rings. The number of anilines is 1. The smallest absolute Gasteiger partial charge is 0.256 e. The number of nitrogens with one attached hydrogen (secondary N) is 3. The molecule has 0 atom stereocenters. The first kappa shape index (κ1) is 21.3. The van der Waals surface area contributed by atoms with Gasteiger partial charge in [0.25, 0.3) is 11.8 Å². The Morgan fingerprint density at radius 1 is 1.27 bits per heavy atom. The average Bonchev–Trinajstić information content (AvgIpc) is 3.20. The van der Waals surface area contributed by atoms with Gasteiger partial charge in [0.2, 0.25) is 0 Å². The Hall–Kier alpha value is -3.37. The highest BCUT2D eigenvalue weighted by Gasteiger charge is 2.26. The van der Waals surface area contributed by atoms with Crippen LogP contribution in [0, 0.1) is 25.2 Å². The van der Waals surface area contributed by atoms with E-state index in [1.165, 1.54) is 0 Å². The van der Waals surface area contributed by atoms with E-state index in [4.69, 9.17) is 5.26 Å². The van der Waals surface area contributed by atoms with Crippen LogP contribution in [0.3, 0.4) is 0 Å². The van der Waals surface area contributed by atoms with E-state index in [9.17, 15) is 9.59 Å². The van der Waals surface area contributed by atoms with Crippen molar-refractivity contribution in [3.05, 3.63) is 51.8 Å². The van der Waals surface area contributed by atoms with Crippen molar-refractivity contribution in [2.75, 3.05) is 31.5 Å². The molecule has 1 aromatic carbocycles. The maximum absolute atomic E-state index is 12.8. The van der Waals surface area contributed by atoms with Crippen LogP contribution < -0.4 is 10.6 Å². The predicted octanol–water partition coefficient (Wildman–Crippen LogP) is 3.07. The summed E-state index contributed by atoms with van der Waals surface area (Å²) in [6, 6.07) is 7.20. The van der Waals surface area contributed by atoms with E-state index < -0.39 is 0 Å². The number of benzene rings is 1. The van der Waals surface area contributed by atoms with Gasteiger partial charge in [0, 0.05) is 35.7 Å². The molecule has 0 bridgehead atoms. The zero-order valence-corrected chi connectivity index (χ0v) is 17.8. The van der Waals surface area contributed by atoms with Crippen LogP contribution in [-0.4, -0.2) is 47.9 Å². The van der Waals surface area contributed by atoms with Crippen molar-refractivity contribution in [2.24, 2.45) is 0 Å². The zero-order chi connectivity index (χ0) is 21.8. The number of aromatic nitrogens is 1. The van der Waals surface area contributed by atoms with Gasteiger partial charge in [0.15, 0.2) is 0 Å². The number of carbonyl (C=O) groups excluding carboxylic acids is 2. The Morgan fingerprint density at radius 2 is 2.00 bits per heavy atom. The number of amides is 2. The molecule has 156 valence electrons. The Balaban J connectivity index is 1.85. The second kappa shape index (κ2) is 8.97. The highest BCUT2D eigenvalue weighted by atomic mass is 16.2. The number of rotatable bonds is 7. The number of aryl methyl sites for hydroxylation is 1. The molecule has 1 aromatic heterocycles. The quantitative estimate of drug-likeness (QED) is 0.616. The van der Waals surface area contributed by atoms with Crippen molar-refractivity contribution in [3.63, 3.8) is 0 Å². The fourth-order valence-corrected chi connectivity index (χ4v) is 3.76. The number of fused-ring (bicyclic) bond motifs is 1. The summed E-state index contributed by atoms with van der Waals surface area (Å²) in [5.74, 6) is -0.349. The summed E-state index contributed by atoms with van der Waals surface area (Å²) >= 11 is 0. The van der Waals surface area contributed by atoms with E-state index in [0.717, 1.165) is 30.9 Å². The average molecular weight is 406 g/mol. The van der Waals surface area contributed by atoms with Crippen molar-refractivity contribution >= 4 is 29.2 Å². The summed E-state index contributed by atoms with van der Waals surface area (Å²) < 4.78 is 0. The fraction of sp³-hybridized carbons (Fsp3) is 0.348. The lowest BCUT2D eigenvalue weighted by Gasteiger charge is -2.18. The lowest BCUT2D eigenvalue weighted by Crippen LogP contribution is -2.35. The molecule has 2 heterocycles. The van der Waals surface area contributed by atoms with Gasteiger partial charge in [-0.05, 0) is 56.8 Å². The lowest BCUT2D eigenvalue weighted by molar-refractivity contribution is -0.110. The SMILES string of the molecule is CCN(CC)CCNC(=O)c1c(C)[nH]c(/C=C2\C(=O)Nc3ccc(C#N)cc32)c1C. The van der Waals surface area contributed by atoms with E-state index in [-0.39, 0.29) is 11.8 Å². The summed E-state index contributed by atoms with van der Waals surface area (Å²) in [6.45, 7) is 11.2. The van der Waals surface area contributed by atoms with Crippen molar-refractivity contribution in [3.8, 4) is 6.07 Å². The molecule has 2 amide bonds. The second-order valence-electron chi connectivity index (χ2n) is 7.33. The molecule has 0 spiro atoms. The molecule has 2 aromatic rings. The van der Waals surface area contributed by atoms with Crippen molar-refractivity contribution in [1.82, 2.24) is 15.2 Å². The van der Waals surface area contributed by atoms with Crippen molar-refractivity contribution in [2.45, 2.75) is 27.7 Å². The Bertz CT molecular complexity index is 1050. The summed E-state index contributed by atoms with van der Waals surface area (Å²) in [7, 11) is 0. The van der Waals surface area contributed by atoms with Gasteiger partial charge in [-0.2, -0.15) is 5.26 Å². The molecule has 1 aliphatic heterocycles. The third-order valence-electron chi connectivity index (χ3n) is 5.53. The van der Waals surface area contributed by atoms with Crippen LogP contribution in [0.2, 0.25) is 0 Å². The van der Waals surface area contributed by atoms with Crippen molar-refractivity contribution < 1.29 is 9.59 Å².